The Bertz CT molecular complexity index is 1390. The first-order valence-corrected chi connectivity index (χ1v) is 12.0. The number of ether oxygens (including phenoxy) is 1. The van der Waals surface area contributed by atoms with Crippen LogP contribution < -0.4 is 26.2 Å². The van der Waals surface area contributed by atoms with Crippen molar-refractivity contribution >= 4 is 45.6 Å². The maximum atomic E-state index is 14.8. The van der Waals surface area contributed by atoms with E-state index in [4.69, 9.17) is 16.3 Å². The number of halogens is 3. The number of alkyl halides is 2. The molecule has 1 aliphatic carbocycles. The van der Waals surface area contributed by atoms with Gasteiger partial charge in [0.2, 0.25) is 11.7 Å². The van der Waals surface area contributed by atoms with Gasteiger partial charge in [-0.3, -0.25) is 4.79 Å². The van der Waals surface area contributed by atoms with Gasteiger partial charge in [0.15, 0.2) is 12.4 Å². The van der Waals surface area contributed by atoms with Gasteiger partial charge in [0.25, 0.3) is 5.56 Å². The normalized spacial score (nSPS) is 19.1. The predicted molar refractivity (Wildman–Crippen MR) is 135 cm³/mol. The highest BCUT2D eigenvalue weighted by Gasteiger charge is 2.51. The van der Waals surface area contributed by atoms with Crippen LogP contribution in [0.15, 0.2) is 29.2 Å². The summed E-state index contributed by atoms with van der Waals surface area (Å²) in [7, 11) is 1.57. The van der Waals surface area contributed by atoms with Gasteiger partial charge in [0.05, 0.1) is 29.0 Å². The molecule has 1 unspecified atom stereocenters. The molecular weight excluding hydrogens is 494 g/mol. The summed E-state index contributed by atoms with van der Waals surface area (Å²) in [6.07, 6.45) is 2.83. The first-order chi connectivity index (χ1) is 16.9. The molecule has 36 heavy (non-hydrogen) atoms. The fraction of sp³-hybridized carbons (Fsp3) is 0.458. The maximum Gasteiger partial charge on any atom is 0.301 e. The number of nitrogens with one attached hydrogen (secondary N) is 3. The lowest BCUT2D eigenvalue weighted by atomic mass is 10.0. The minimum absolute atomic E-state index is 0.122. The molecule has 0 radical (unpaired) electrons. The molecule has 4 N–H and O–H groups in total. The molecular formula is C24H27ClF2N6O3. The Labute approximate surface area is 210 Å². The summed E-state index contributed by atoms with van der Waals surface area (Å²) < 4.78 is 36.5. The molecule has 1 aliphatic heterocycles. The van der Waals surface area contributed by atoms with Gasteiger partial charge in [-0.05, 0) is 50.8 Å². The fourth-order valence-electron chi connectivity index (χ4n) is 4.26. The molecule has 1 atom stereocenters. The molecule has 1 fully saturated rings. The molecule has 1 saturated carbocycles. The molecule has 0 spiro atoms. The van der Waals surface area contributed by atoms with Crippen molar-refractivity contribution in [3.05, 3.63) is 39.8 Å². The van der Waals surface area contributed by atoms with Crippen molar-refractivity contribution in [3.8, 4) is 5.75 Å². The van der Waals surface area contributed by atoms with Crippen LogP contribution in [0.4, 0.5) is 31.9 Å². The molecule has 0 bridgehead atoms. The summed E-state index contributed by atoms with van der Waals surface area (Å²) in [5.41, 5.74) is -0.0708. The molecule has 0 amide bonds. The Kier molecular flexibility index (Phi) is 5.95. The molecule has 3 heterocycles. The van der Waals surface area contributed by atoms with Crippen LogP contribution in [0.3, 0.4) is 0 Å². The van der Waals surface area contributed by atoms with Gasteiger partial charge < -0.3 is 30.4 Å². The quantitative estimate of drug-likeness (QED) is 0.384. The van der Waals surface area contributed by atoms with Crippen LogP contribution in [-0.2, 0) is 7.05 Å². The number of rotatable bonds is 6. The molecule has 0 saturated heterocycles. The summed E-state index contributed by atoms with van der Waals surface area (Å²) in [5, 5.41) is 19.8. The number of aliphatic hydroxyl groups is 1. The van der Waals surface area contributed by atoms with Crippen LogP contribution in [-0.4, -0.2) is 50.4 Å². The third-order valence-corrected chi connectivity index (χ3v) is 6.57. The maximum absolute atomic E-state index is 14.8. The molecule has 3 aromatic rings. The minimum Gasteiger partial charge on any atom is -0.480 e. The summed E-state index contributed by atoms with van der Waals surface area (Å²) in [6, 6.07) is 4.07. The second-order valence-corrected chi connectivity index (χ2v) is 10.4. The van der Waals surface area contributed by atoms with Crippen LogP contribution in [0.1, 0.15) is 26.7 Å². The fourth-order valence-corrected chi connectivity index (χ4v) is 4.40. The van der Waals surface area contributed by atoms with Crippen LogP contribution in [0, 0.1) is 5.92 Å². The van der Waals surface area contributed by atoms with E-state index >= 15 is 0 Å². The van der Waals surface area contributed by atoms with Crippen molar-refractivity contribution in [2.24, 2.45) is 13.0 Å². The van der Waals surface area contributed by atoms with Gasteiger partial charge in [-0.25, -0.2) is 13.8 Å². The van der Waals surface area contributed by atoms with Crippen molar-refractivity contribution in [3.63, 3.8) is 0 Å². The van der Waals surface area contributed by atoms with E-state index < -0.39 is 29.7 Å². The van der Waals surface area contributed by atoms with Crippen molar-refractivity contribution < 1.29 is 18.6 Å². The highest BCUT2D eigenvalue weighted by Crippen LogP contribution is 2.45. The summed E-state index contributed by atoms with van der Waals surface area (Å²) in [5.74, 6) is -2.83. The second kappa shape index (κ2) is 8.74. The molecule has 9 nitrogen and oxygen atoms in total. The van der Waals surface area contributed by atoms with Gasteiger partial charge in [-0.2, -0.15) is 4.98 Å². The van der Waals surface area contributed by atoms with Crippen molar-refractivity contribution in [1.29, 1.82) is 0 Å². The van der Waals surface area contributed by atoms with Crippen LogP contribution in [0.5, 0.6) is 5.75 Å². The largest absolute Gasteiger partial charge is 0.480 e. The monoisotopic (exact) mass is 520 g/mol. The van der Waals surface area contributed by atoms with E-state index in [0.29, 0.717) is 35.2 Å². The first kappa shape index (κ1) is 24.5. The molecule has 12 heteroatoms. The summed E-state index contributed by atoms with van der Waals surface area (Å²) >= 11 is 6.30. The molecule has 192 valence electrons. The summed E-state index contributed by atoms with van der Waals surface area (Å²) in [4.78, 5) is 21.5. The average molecular weight is 521 g/mol. The van der Waals surface area contributed by atoms with E-state index in [1.54, 1.807) is 39.1 Å². The third-order valence-electron chi connectivity index (χ3n) is 6.30. The number of aromatic nitrogens is 3. The van der Waals surface area contributed by atoms with Gasteiger partial charge in [0.1, 0.15) is 5.02 Å². The average Bonchev–Trinajstić information content (AvgIpc) is 3.65. The molecule has 2 aliphatic rings. The number of hydrogen-bond donors (Lipinski definition) is 4. The number of nitrogens with zero attached hydrogens (tertiary/aromatic N) is 3. The van der Waals surface area contributed by atoms with Crippen molar-refractivity contribution in [2.75, 3.05) is 29.1 Å². The van der Waals surface area contributed by atoms with Gasteiger partial charge in [-0.1, -0.05) is 11.6 Å². The Morgan fingerprint density at radius 3 is 2.81 bits per heavy atom. The molecule has 1 aromatic carbocycles. The topological polar surface area (TPSA) is 113 Å². The number of hydrogen-bond acceptors (Lipinski definition) is 8. The van der Waals surface area contributed by atoms with E-state index in [9.17, 15) is 18.7 Å². The zero-order valence-electron chi connectivity index (χ0n) is 20.0. The van der Waals surface area contributed by atoms with E-state index in [0.717, 1.165) is 0 Å². The van der Waals surface area contributed by atoms with E-state index in [-0.39, 0.29) is 34.9 Å². The predicted octanol–water partition coefficient (Wildman–Crippen LogP) is 4.13. The zero-order chi connectivity index (χ0) is 25.8. The third kappa shape index (κ3) is 4.77. The van der Waals surface area contributed by atoms with E-state index in [1.165, 1.54) is 10.8 Å². The van der Waals surface area contributed by atoms with E-state index in [2.05, 4.69) is 25.9 Å². The Morgan fingerprint density at radius 2 is 2.11 bits per heavy atom. The SMILES string of the molecule is Cn1c(=O)c2c(c3cc(Nc4nc(NCC(C)(C)O)ncc4Cl)ccc31)NC(C1CC1)C(F)(F)CO2. The molecule has 5 rings (SSSR count). The smallest absolute Gasteiger partial charge is 0.301 e. The van der Waals surface area contributed by atoms with Crippen molar-refractivity contribution in [2.45, 2.75) is 44.3 Å². The first-order valence-electron chi connectivity index (χ1n) is 11.6. The van der Waals surface area contributed by atoms with Crippen LogP contribution >= 0.6 is 11.6 Å². The Hall–Kier alpha value is -3.18. The summed E-state index contributed by atoms with van der Waals surface area (Å²) in [6.45, 7) is 2.68. The van der Waals surface area contributed by atoms with E-state index in [1.807, 2.05) is 0 Å². The lowest BCUT2D eigenvalue weighted by molar-refractivity contribution is -0.0579. The number of pyridine rings is 1. The highest BCUT2D eigenvalue weighted by atomic mass is 35.5. The number of benzene rings is 1. The number of fused-ring (bicyclic) bond motifs is 3. The Balaban J connectivity index is 1.54. The standard InChI is InChI=1S/C24H27ClF2N6O3/c1-23(2,35)10-29-22-28-9-15(25)20(32-22)30-13-6-7-16-14(8-13)17-18(21(34)33(16)3)36-11-24(26,27)19(31-17)12-4-5-12/h6-9,12,19,31,35H,4-5,10-11H2,1-3H3,(H2,28,29,30,32). The van der Waals surface area contributed by atoms with Gasteiger partial charge in [0, 0.05) is 24.7 Å². The Morgan fingerprint density at radius 1 is 1.36 bits per heavy atom. The van der Waals surface area contributed by atoms with Crippen molar-refractivity contribution in [1.82, 2.24) is 14.5 Å². The minimum atomic E-state index is -3.12. The van der Waals surface area contributed by atoms with Crippen LogP contribution in [0.2, 0.25) is 5.02 Å². The lowest BCUT2D eigenvalue weighted by Gasteiger charge is -2.25. The highest BCUT2D eigenvalue weighted by molar-refractivity contribution is 6.32. The second-order valence-electron chi connectivity index (χ2n) is 9.99. The zero-order valence-corrected chi connectivity index (χ0v) is 20.8. The number of aryl methyl sites for hydroxylation is 1. The van der Waals surface area contributed by atoms with Crippen LogP contribution in [0.25, 0.3) is 10.9 Å². The lowest BCUT2D eigenvalue weighted by Crippen LogP contribution is -2.44. The number of anilines is 4. The van der Waals surface area contributed by atoms with Gasteiger partial charge >= 0.3 is 5.92 Å². The van der Waals surface area contributed by atoms with Gasteiger partial charge in [-0.15, -0.1) is 0 Å². The molecule has 2 aromatic heterocycles.